The summed E-state index contributed by atoms with van der Waals surface area (Å²) in [7, 11) is -3.76. The van der Waals surface area contributed by atoms with Gasteiger partial charge in [0, 0.05) is 36.7 Å². The van der Waals surface area contributed by atoms with Crippen molar-refractivity contribution in [1.29, 1.82) is 0 Å². The van der Waals surface area contributed by atoms with Gasteiger partial charge in [0.2, 0.25) is 0 Å². The van der Waals surface area contributed by atoms with E-state index < -0.39 is 15.6 Å². The number of aromatic hydroxyl groups is 1. The second-order valence-electron chi connectivity index (χ2n) is 6.84. The summed E-state index contributed by atoms with van der Waals surface area (Å²) in [6.45, 7) is 2.04. The quantitative estimate of drug-likeness (QED) is 0.662. The lowest BCUT2D eigenvalue weighted by atomic mass is 10.0. The van der Waals surface area contributed by atoms with Crippen LogP contribution in [0.4, 0.5) is 0 Å². The Morgan fingerprint density at radius 3 is 2.70 bits per heavy atom. The molecule has 2 aromatic heterocycles. The summed E-state index contributed by atoms with van der Waals surface area (Å²) in [4.78, 5) is 17.0. The maximum atomic E-state index is 13.2. The number of thioether (sulfide) groups is 1. The molecule has 3 aromatic rings. The van der Waals surface area contributed by atoms with Crippen molar-refractivity contribution < 1.29 is 17.9 Å². The van der Waals surface area contributed by atoms with Crippen molar-refractivity contribution in [3.05, 3.63) is 82.2 Å². The van der Waals surface area contributed by atoms with Crippen LogP contribution in [-0.4, -0.2) is 35.5 Å². The number of aryl methyl sites for hydroxylation is 1. The van der Waals surface area contributed by atoms with Crippen molar-refractivity contribution in [2.45, 2.75) is 23.5 Å². The first-order valence-corrected chi connectivity index (χ1v) is 11.8. The molecule has 156 valence electrons. The van der Waals surface area contributed by atoms with Gasteiger partial charge in [0.15, 0.2) is 0 Å². The molecule has 0 saturated carbocycles. The minimum absolute atomic E-state index is 0.0390. The zero-order valence-corrected chi connectivity index (χ0v) is 17.8. The van der Waals surface area contributed by atoms with Crippen molar-refractivity contribution in [2.75, 3.05) is 12.3 Å². The number of rotatable bonds is 4. The van der Waals surface area contributed by atoms with E-state index in [0.29, 0.717) is 35.9 Å². The highest BCUT2D eigenvalue weighted by molar-refractivity contribution is 7.99. The maximum absolute atomic E-state index is 13.2. The number of aromatic nitrogens is 1. The summed E-state index contributed by atoms with van der Waals surface area (Å²) in [5.74, 6) is 0.785. The molecule has 0 fully saturated rings. The van der Waals surface area contributed by atoms with Crippen molar-refractivity contribution in [1.82, 2.24) is 3.97 Å². The Kier molecular flexibility index (Phi) is 5.57. The average Bonchev–Trinajstić information content (AvgIpc) is 3.09. The van der Waals surface area contributed by atoms with Crippen LogP contribution in [0.15, 0.2) is 73.8 Å². The van der Waals surface area contributed by atoms with E-state index in [2.05, 4.69) is 4.99 Å². The molecule has 30 heavy (non-hydrogen) atoms. The number of nitrogens with zero attached hydrogens (tertiary/aromatic N) is 2. The molecule has 0 bridgehead atoms. The normalized spacial score (nSPS) is 17.4. The lowest BCUT2D eigenvalue weighted by Gasteiger charge is -2.18. The van der Waals surface area contributed by atoms with Crippen LogP contribution in [0.1, 0.15) is 28.7 Å². The van der Waals surface area contributed by atoms with Crippen LogP contribution >= 0.6 is 11.8 Å². The van der Waals surface area contributed by atoms with Gasteiger partial charge in [-0.3, -0.25) is 4.99 Å². The number of hydrogen-bond acceptors (Lipinski definition) is 7. The molecule has 7 nitrogen and oxygen atoms in total. The largest absolute Gasteiger partial charge is 0.507 e. The molecule has 9 heteroatoms. The molecule has 1 unspecified atom stereocenters. The van der Waals surface area contributed by atoms with E-state index >= 15 is 0 Å². The van der Waals surface area contributed by atoms with E-state index in [-0.39, 0.29) is 21.5 Å². The minimum atomic E-state index is -3.76. The van der Waals surface area contributed by atoms with Gasteiger partial charge in [-0.1, -0.05) is 18.2 Å². The third kappa shape index (κ3) is 3.82. The van der Waals surface area contributed by atoms with Crippen molar-refractivity contribution in [3.63, 3.8) is 0 Å². The predicted molar refractivity (Wildman–Crippen MR) is 116 cm³/mol. The van der Waals surface area contributed by atoms with Crippen LogP contribution in [0.5, 0.6) is 5.75 Å². The fourth-order valence-corrected chi connectivity index (χ4v) is 6.07. The van der Waals surface area contributed by atoms with Crippen LogP contribution in [0, 0.1) is 6.92 Å². The van der Waals surface area contributed by atoms with Crippen LogP contribution in [-0.2, 0) is 10.0 Å². The Bertz CT molecular complexity index is 1260. The van der Waals surface area contributed by atoms with Gasteiger partial charge < -0.3 is 9.52 Å². The zero-order chi connectivity index (χ0) is 21.3. The molecule has 1 aliphatic rings. The summed E-state index contributed by atoms with van der Waals surface area (Å²) in [5, 5.41) is 10.1. The summed E-state index contributed by atoms with van der Waals surface area (Å²) in [6.07, 6.45) is 1.82. The molecule has 0 amide bonds. The Hall–Kier alpha value is -2.78. The fraction of sp³-hybridized carbons (Fsp3) is 0.238. The molecule has 1 N–H and O–H groups in total. The summed E-state index contributed by atoms with van der Waals surface area (Å²) < 4.78 is 32.7. The van der Waals surface area contributed by atoms with Crippen molar-refractivity contribution >= 4 is 27.5 Å². The van der Waals surface area contributed by atoms with E-state index in [1.807, 2.05) is 0 Å². The van der Waals surface area contributed by atoms with Gasteiger partial charge >= 0.3 is 5.63 Å². The van der Waals surface area contributed by atoms with E-state index in [9.17, 15) is 18.3 Å². The molecule has 4 rings (SSSR count). The van der Waals surface area contributed by atoms with E-state index in [0.717, 1.165) is 0 Å². The molecule has 1 aliphatic heterocycles. The lowest BCUT2D eigenvalue weighted by molar-refractivity contribution is 0.432. The summed E-state index contributed by atoms with van der Waals surface area (Å²) in [5.41, 5.74) is 0.400. The molecule has 1 aromatic carbocycles. The van der Waals surface area contributed by atoms with Crippen molar-refractivity contribution in [2.24, 2.45) is 4.99 Å². The van der Waals surface area contributed by atoms with E-state index in [1.165, 1.54) is 16.2 Å². The van der Waals surface area contributed by atoms with Gasteiger partial charge in [-0.2, -0.15) is 0 Å². The SMILES string of the molecule is Cc1cc(O)c(C2=NCCSC(c3cccn3S(=O)(=O)c3ccccc3)C2)c(=O)o1. The van der Waals surface area contributed by atoms with Crippen LogP contribution in [0.2, 0.25) is 0 Å². The molecule has 1 atom stereocenters. The van der Waals surface area contributed by atoms with Gasteiger partial charge in [-0.15, -0.1) is 11.8 Å². The zero-order valence-electron chi connectivity index (χ0n) is 16.2. The monoisotopic (exact) mass is 444 g/mol. The van der Waals surface area contributed by atoms with Gasteiger partial charge in [0.25, 0.3) is 10.0 Å². The van der Waals surface area contributed by atoms with Crippen LogP contribution < -0.4 is 5.63 Å². The molecule has 0 aliphatic carbocycles. The van der Waals surface area contributed by atoms with Gasteiger partial charge in [0.05, 0.1) is 15.9 Å². The van der Waals surface area contributed by atoms with Crippen LogP contribution in [0.3, 0.4) is 0 Å². The molecule has 0 spiro atoms. The van der Waals surface area contributed by atoms with Crippen molar-refractivity contribution in [3.8, 4) is 5.75 Å². The highest BCUT2D eigenvalue weighted by Crippen LogP contribution is 2.37. The first-order valence-electron chi connectivity index (χ1n) is 9.35. The Labute approximate surface area is 178 Å². The third-order valence-electron chi connectivity index (χ3n) is 4.81. The highest BCUT2D eigenvalue weighted by Gasteiger charge is 2.28. The van der Waals surface area contributed by atoms with Gasteiger partial charge in [-0.25, -0.2) is 17.2 Å². The molecule has 3 heterocycles. The average molecular weight is 445 g/mol. The topological polar surface area (TPSA) is 102 Å². The third-order valence-corrected chi connectivity index (χ3v) is 7.75. The number of aliphatic imine (C=N–C) groups is 1. The molecule has 0 saturated heterocycles. The standard InChI is InChI=1S/C21H20N2O5S2/c1-14-12-18(24)20(21(25)28-14)16-13-19(29-11-9-22-16)17-8-5-10-23(17)30(26,27)15-6-3-2-4-7-15/h2-8,10,12,19,24H,9,11,13H2,1H3. The summed E-state index contributed by atoms with van der Waals surface area (Å²) >= 11 is 1.57. The Morgan fingerprint density at radius 1 is 1.20 bits per heavy atom. The summed E-state index contributed by atoms with van der Waals surface area (Å²) in [6, 6.07) is 13.1. The molecular weight excluding hydrogens is 424 g/mol. The molecular formula is C21H20N2O5S2. The maximum Gasteiger partial charge on any atom is 0.348 e. The van der Waals surface area contributed by atoms with Gasteiger partial charge in [0.1, 0.15) is 17.1 Å². The number of benzene rings is 1. The van der Waals surface area contributed by atoms with E-state index in [1.54, 1.807) is 61.2 Å². The highest BCUT2D eigenvalue weighted by atomic mass is 32.2. The fourth-order valence-electron chi connectivity index (χ4n) is 3.46. The first kappa shape index (κ1) is 20.5. The first-order chi connectivity index (χ1) is 14.4. The lowest BCUT2D eigenvalue weighted by Crippen LogP contribution is -2.20. The van der Waals surface area contributed by atoms with Crippen LogP contribution in [0.25, 0.3) is 0 Å². The predicted octanol–water partition coefficient (Wildman–Crippen LogP) is 3.36. The Balaban J connectivity index is 1.73. The Morgan fingerprint density at radius 2 is 1.97 bits per heavy atom. The number of hydrogen-bond donors (Lipinski definition) is 1. The van der Waals surface area contributed by atoms with E-state index in [4.69, 9.17) is 4.42 Å². The second kappa shape index (κ2) is 8.16. The smallest absolute Gasteiger partial charge is 0.348 e. The molecule has 0 radical (unpaired) electrons. The minimum Gasteiger partial charge on any atom is -0.507 e. The second-order valence-corrected chi connectivity index (χ2v) is 9.97. The van der Waals surface area contributed by atoms with Gasteiger partial charge in [-0.05, 0) is 31.2 Å².